The Kier molecular flexibility index (Phi) is 4.21. The van der Waals surface area contributed by atoms with E-state index in [-0.39, 0.29) is 5.56 Å². The number of carboxylic acid groups (broad SMARTS) is 1. The average Bonchev–Trinajstić information content (AvgIpc) is 2.85. The second-order valence-electron chi connectivity index (χ2n) is 3.94. The van der Waals surface area contributed by atoms with Crippen molar-refractivity contribution in [3.63, 3.8) is 0 Å². The van der Waals surface area contributed by atoms with Crippen LogP contribution >= 0.6 is 15.9 Å². The Hall–Kier alpha value is -1.82. The van der Waals surface area contributed by atoms with E-state index >= 15 is 0 Å². The summed E-state index contributed by atoms with van der Waals surface area (Å²) in [5.41, 5.74) is 1.19. The van der Waals surface area contributed by atoms with E-state index in [0.717, 1.165) is 12.1 Å². The van der Waals surface area contributed by atoms with Gasteiger partial charge in [-0.3, -0.25) is 4.68 Å². The Bertz CT molecular complexity index is 595. The van der Waals surface area contributed by atoms with Gasteiger partial charge >= 0.3 is 5.97 Å². The molecule has 1 N–H and O–H groups in total. The SMILES string of the molecule is CCn1cc(COc2ccc(C(=O)O)cc2Br)cn1. The van der Waals surface area contributed by atoms with Gasteiger partial charge in [-0.15, -0.1) is 0 Å². The number of rotatable bonds is 5. The molecule has 0 aliphatic heterocycles. The molecule has 100 valence electrons. The highest BCUT2D eigenvalue weighted by atomic mass is 79.9. The van der Waals surface area contributed by atoms with E-state index in [1.807, 2.05) is 17.8 Å². The van der Waals surface area contributed by atoms with Gasteiger partial charge in [0.2, 0.25) is 0 Å². The number of halogens is 1. The number of hydrogen-bond donors (Lipinski definition) is 1. The minimum atomic E-state index is -0.962. The maximum atomic E-state index is 10.8. The molecule has 1 heterocycles. The summed E-state index contributed by atoms with van der Waals surface area (Å²) in [6.07, 6.45) is 3.67. The van der Waals surface area contributed by atoms with Crippen molar-refractivity contribution >= 4 is 21.9 Å². The molecule has 0 bridgehead atoms. The lowest BCUT2D eigenvalue weighted by Gasteiger charge is -2.07. The summed E-state index contributed by atoms with van der Waals surface area (Å²) in [6, 6.07) is 4.67. The Morgan fingerprint density at radius 1 is 1.53 bits per heavy atom. The lowest BCUT2D eigenvalue weighted by Crippen LogP contribution is -1.99. The Labute approximate surface area is 118 Å². The lowest BCUT2D eigenvalue weighted by atomic mass is 10.2. The summed E-state index contributed by atoms with van der Waals surface area (Å²) in [5, 5.41) is 13.0. The molecule has 6 heteroatoms. The van der Waals surface area contributed by atoms with E-state index in [1.165, 1.54) is 12.1 Å². The van der Waals surface area contributed by atoms with Crippen LogP contribution in [-0.2, 0) is 13.2 Å². The number of benzene rings is 1. The third-order valence-corrected chi connectivity index (χ3v) is 3.20. The normalized spacial score (nSPS) is 10.4. The molecule has 0 atom stereocenters. The van der Waals surface area contributed by atoms with Crippen LogP contribution in [0, 0.1) is 0 Å². The summed E-state index contributed by atoms with van der Waals surface area (Å²) >= 11 is 3.30. The van der Waals surface area contributed by atoms with Gasteiger partial charge in [-0.1, -0.05) is 0 Å². The summed E-state index contributed by atoms with van der Waals surface area (Å²) < 4.78 is 8.06. The molecule has 0 radical (unpaired) electrons. The van der Waals surface area contributed by atoms with Gasteiger partial charge in [0.15, 0.2) is 0 Å². The zero-order valence-corrected chi connectivity index (χ0v) is 11.9. The summed E-state index contributed by atoms with van der Waals surface area (Å²) in [4.78, 5) is 10.8. The topological polar surface area (TPSA) is 64.3 Å². The number of carbonyl (C=O) groups is 1. The van der Waals surface area contributed by atoms with E-state index in [4.69, 9.17) is 9.84 Å². The van der Waals surface area contributed by atoms with Crippen molar-refractivity contribution in [3.8, 4) is 5.75 Å². The average molecular weight is 325 g/mol. The van der Waals surface area contributed by atoms with Crippen molar-refractivity contribution in [2.45, 2.75) is 20.1 Å². The van der Waals surface area contributed by atoms with E-state index in [0.29, 0.717) is 16.8 Å². The fraction of sp³-hybridized carbons (Fsp3) is 0.231. The van der Waals surface area contributed by atoms with Crippen LogP contribution in [0.1, 0.15) is 22.8 Å². The Morgan fingerprint density at radius 3 is 2.89 bits per heavy atom. The zero-order chi connectivity index (χ0) is 13.8. The van der Waals surface area contributed by atoms with Gasteiger partial charge in [0, 0.05) is 18.3 Å². The molecule has 5 nitrogen and oxygen atoms in total. The number of aryl methyl sites for hydroxylation is 1. The number of aromatic nitrogens is 2. The molecule has 0 fully saturated rings. The third-order valence-electron chi connectivity index (χ3n) is 2.58. The van der Waals surface area contributed by atoms with Crippen molar-refractivity contribution in [2.24, 2.45) is 0 Å². The van der Waals surface area contributed by atoms with Crippen molar-refractivity contribution in [3.05, 3.63) is 46.2 Å². The first kappa shape index (κ1) is 13.6. The molecule has 2 rings (SSSR count). The molecule has 0 saturated heterocycles. The quantitative estimate of drug-likeness (QED) is 0.918. The highest BCUT2D eigenvalue weighted by Crippen LogP contribution is 2.26. The molecule has 1 aromatic heterocycles. The largest absolute Gasteiger partial charge is 0.488 e. The van der Waals surface area contributed by atoms with Crippen LogP contribution in [0.15, 0.2) is 35.1 Å². The van der Waals surface area contributed by atoms with Gasteiger partial charge in [0.05, 0.1) is 16.2 Å². The molecule has 0 aliphatic carbocycles. The molecule has 0 saturated carbocycles. The van der Waals surface area contributed by atoms with E-state index in [9.17, 15) is 4.79 Å². The van der Waals surface area contributed by atoms with Crippen molar-refractivity contribution < 1.29 is 14.6 Å². The standard InChI is InChI=1S/C13H13BrN2O3/c1-2-16-7-9(6-15-16)8-19-12-4-3-10(13(17)18)5-11(12)14/h3-7H,2,8H2,1H3,(H,17,18). The summed E-state index contributed by atoms with van der Waals surface area (Å²) in [7, 11) is 0. The number of carboxylic acids is 1. The van der Waals surface area contributed by atoms with E-state index < -0.39 is 5.97 Å². The molecular weight excluding hydrogens is 312 g/mol. The molecule has 0 spiro atoms. The highest BCUT2D eigenvalue weighted by molar-refractivity contribution is 9.10. The highest BCUT2D eigenvalue weighted by Gasteiger charge is 2.08. The van der Waals surface area contributed by atoms with Gasteiger partial charge in [-0.25, -0.2) is 4.79 Å². The third kappa shape index (κ3) is 3.35. The Morgan fingerprint density at radius 2 is 2.32 bits per heavy atom. The summed E-state index contributed by atoms with van der Waals surface area (Å²) in [5.74, 6) is -0.356. The van der Waals surface area contributed by atoms with Crippen molar-refractivity contribution in [1.29, 1.82) is 0 Å². The van der Waals surface area contributed by atoms with E-state index in [1.54, 1.807) is 12.3 Å². The fourth-order valence-corrected chi connectivity index (χ4v) is 2.06. The molecule has 1 aromatic carbocycles. The number of nitrogens with zero attached hydrogens (tertiary/aromatic N) is 2. The van der Waals surface area contributed by atoms with Crippen molar-refractivity contribution in [2.75, 3.05) is 0 Å². The van der Waals surface area contributed by atoms with Crippen LogP contribution in [0.2, 0.25) is 0 Å². The maximum absolute atomic E-state index is 10.8. The number of aromatic carboxylic acids is 1. The van der Waals surface area contributed by atoms with E-state index in [2.05, 4.69) is 21.0 Å². The second kappa shape index (κ2) is 5.88. The molecule has 2 aromatic rings. The monoisotopic (exact) mass is 324 g/mol. The van der Waals surface area contributed by atoms with Crippen LogP contribution in [0.5, 0.6) is 5.75 Å². The number of hydrogen-bond acceptors (Lipinski definition) is 3. The van der Waals surface area contributed by atoms with Gasteiger partial charge < -0.3 is 9.84 Å². The van der Waals surface area contributed by atoms with Crippen LogP contribution in [0.4, 0.5) is 0 Å². The first-order valence-corrected chi connectivity index (χ1v) is 6.56. The van der Waals surface area contributed by atoms with Gasteiger partial charge in [0.1, 0.15) is 12.4 Å². The maximum Gasteiger partial charge on any atom is 0.335 e. The van der Waals surface area contributed by atoms with Gasteiger partial charge in [-0.2, -0.15) is 5.10 Å². The predicted molar refractivity (Wildman–Crippen MR) is 73.3 cm³/mol. The lowest BCUT2D eigenvalue weighted by molar-refractivity contribution is 0.0696. The minimum absolute atomic E-state index is 0.220. The first-order chi connectivity index (χ1) is 9.10. The van der Waals surface area contributed by atoms with Crippen LogP contribution < -0.4 is 4.74 Å². The smallest absolute Gasteiger partial charge is 0.335 e. The number of ether oxygens (including phenoxy) is 1. The molecule has 0 amide bonds. The Balaban J connectivity index is 2.05. The predicted octanol–water partition coefficient (Wildman–Crippen LogP) is 2.94. The van der Waals surface area contributed by atoms with Gasteiger partial charge in [0.25, 0.3) is 0 Å². The van der Waals surface area contributed by atoms with Crippen LogP contribution in [-0.4, -0.2) is 20.9 Å². The first-order valence-electron chi connectivity index (χ1n) is 5.77. The summed E-state index contributed by atoms with van der Waals surface area (Å²) in [6.45, 7) is 3.22. The van der Waals surface area contributed by atoms with Crippen LogP contribution in [0.25, 0.3) is 0 Å². The fourth-order valence-electron chi connectivity index (χ4n) is 1.57. The zero-order valence-electron chi connectivity index (χ0n) is 10.3. The molecular formula is C13H13BrN2O3. The molecule has 0 unspecified atom stereocenters. The molecule has 0 aliphatic rings. The minimum Gasteiger partial charge on any atom is -0.488 e. The van der Waals surface area contributed by atoms with Crippen molar-refractivity contribution in [1.82, 2.24) is 9.78 Å². The molecule has 19 heavy (non-hydrogen) atoms. The second-order valence-corrected chi connectivity index (χ2v) is 4.80. The van der Waals surface area contributed by atoms with Gasteiger partial charge in [-0.05, 0) is 41.1 Å². The van der Waals surface area contributed by atoms with Crippen LogP contribution in [0.3, 0.4) is 0 Å².